The first-order valence-corrected chi connectivity index (χ1v) is 9.31. The van der Waals surface area contributed by atoms with Crippen LogP contribution in [0.3, 0.4) is 0 Å². The molecule has 1 amide bonds. The number of aryl methyl sites for hydroxylation is 1. The van der Waals surface area contributed by atoms with Crippen LogP contribution in [0.5, 0.6) is 17.2 Å². The van der Waals surface area contributed by atoms with Gasteiger partial charge in [0.1, 0.15) is 11.3 Å². The monoisotopic (exact) mass is 429 g/mol. The van der Waals surface area contributed by atoms with E-state index in [0.717, 1.165) is 0 Å². The number of halogens is 1. The van der Waals surface area contributed by atoms with Gasteiger partial charge in [-0.25, -0.2) is 4.79 Å². The number of amides is 1. The number of nitrogens with one attached hydrogen (secondary N) is 1. The molecular weight excluding hydrogens is 414 g/mol. The van der Waals surface area contributed by atoms with Gasteiger partial charge in [-0.05, 0) is 31.5 Å². The summed E-state index contributed by atoms with van der Waals surface area (Å²) in [6.45, 7) is 2.81. The number of hydrogen-bond donors (Lipinski definition) is 1. The number of hydrogen-bond acceptors (Lipinski definition) is 7. The van der Waals surface area contributed by atoms with Gasteiger partial charge in [0, 0.05) is 29.1 Å². The average molecular weight is 430 g/mol. The van der Waals surface area contributed by atoms with Gasteiger partial charge < -0.3 is 23.9 Å². The zero-order valence-corrected chi connectivity index (χ0v) is 16.8. The summed E-state index contributed by atoms with van der Waals surface area (Å²) >= 11 is 6.24. The average Bonchev–Trinajstić information content (AvgIpc) is 3.13. The Bertz CT molecular complexity index is 1250. The van der Waals surface area contributed by atoms with Crippen molar-refractivity contribution in [2.45, 2.75) is 13.8 Å². The molecule has 4 rings (SSSR count). The fraction of sp³-hybridized carbons (Fsp3) is 0.190. The van der Waals surface area contributed by atoms with Crippen LogP contribution in [-0.4, -0.2) is 25.1 Å². The molecule has 0 bridgehead atoms. The number of benzene rings is 2. The summed E-state index contributed by atoms with van der Waals surface area (Å²) in [5.41, 5.74) is 1.09. The highest BCUT2D eigenvalue weighted by Gasteiger charge is 2.20. The lowest BCUT2D eigenvalue weighted by Crippen LogP contribution is -2.21. The van der Waals surface area contributed by atoms with Crippen LogP contribution in [0.15, 0.2) is 39.5 Å². The second-order valence-corrected chi connectivity index (χ2v) is 7.08. The number of rotatable bonds is 5. The van der Waals surface area contributed by atoms with Crippen molar-refractivity contribution in [2.75, 3.05) is 18.7 Å². The lowest BCUT2D eigenvalue weighted by atomic mass is 10.1. The molecule has 2 heterocycles. The normalized spacial score (nSPS) is 12.1. The minimum absolute atomic E-state index is 0.0449. The van der Waals surface area contributed by atoms with Gasteiger partial charge in [-0.3, -0.25) is 9.59 Å². The number of ketones is 1. The maximum absolute atomic E-state index is 12.4. The molecule has 0 spiro atoms. The van der Waals surface area contributed by atoms with Crippen molar-refractivity contribution in [1.29, 1.82) is 0 Å². The van der Waals surface area contributed by atoms with Crippen molar-refractivity contribution in [3.63, 3.8) is 0 Å². The van der Waals surface area contributed by atoms with Crippen LogP contribution in [0, 0.1) is 6.92 Å². The number of anilines is 1. The van der Waals surface area contributed by atoms with Gasteiger partial charge in [0.15, 0.2) is 23.9 Å². The van der Waals surface area contributed by atoms with Gasteiger partial charge in [0.25, 0.3) is 5.91 Å². The SMILES string of the molecule is CC(=O)c1cc2c(cc1NC(=O)COc1cc3oc(=O)cc(C)c3cc1Cl)OCO2. The Hall–Kier alpha value is -3.52. The van der Waals surface area contributed by atoms with Crippen molar-refractivity contribution in [3.8, 4) is 17.2 Å². The second-order valence-electron chi connectivity index (χ2n) is 6.67. The lowest BCUT2D eigenvalue weighted by molar-refractivity contribution is -0.118. The molecule has 1 aliphatic rings. The Morgan fingerprint density at radius 2 is 1.87 bits per heavy atom. The Kier molecular flexibility index (Phi) is 5.09. The zero-order chi connectivity index (χ0) is 21.4. The highest BCUT2D eigenvalue weighted by Crippen LogP contribution is 2.37. The molecule has 0 unspecified atom stereocenters. The number of fused-ring (bicyclic) bond motifs is 2. The summed E-state index contributed by atoms with van der Waals surface area (Å²) < 4.78 is 21.2. The molecule has 2 aromatic carbocycles. The molecule has 0 saturated carbocycles. The predicted molar refractivity (Wildman–Crippen MR) is 109 cm³/mol. The first kappa shape index (κ1) is 19.8. The molecule has 8 nitrogen and oxygen atoms in total. The number of carbonyl (C=O) groups excluding carboxylic acids is 2. The number of ether oxygens (including phenoxy) is 3. The largest absolute Gasteiger partial charge is 0.482 e. The van der Waals surface area contributed by atoms with Crippen molar-refractivity contribution >= 4 is 39.9 Å². The minimum Gasteiger partial charge on any atom is -0.482 e. The molecule has 0 atom stereocenters. The summed E-state index contributed by atoms with van der Waals surface area (Å²) in [5, 5.41) is 3.56. The van der Waals surface area contributed by atoms with E-state index < -0.39 is 11.5 Å². The van der Waals surface area contributed by atoms with Crippen molar-refractivity contribution in [3.05, 3.63) is 56.9 Å². The molecule has 0 aliphatic carbocycles. The molecule has 3 aromatic rings. The van der Waals surface area contributed by atoms with Crippen molar-refractivity contribution < 1.29 is 28.2 Å². The quantitative estimate of drug-likeness (QED) is 0.487. The molecule has 1 aliphatic heterocycles. The van der Waals surface area contributed by atoms with Crippen LogP contribution in [-0.2, 0) is 4.79 Å². The summed E-state index contributed by atoms with van der Waals surface area (Å²) in [7, 11) is 0. The van der Waals surface area contributed by atoms with Crippen LogP contribution < -0.4 is 25.2 Å². The Morgan fingerprint density at radius 3 is 2.60 bits per heavy atom. The summed E-state index contributed by atoms with van der Waals surface area (Å²) in [6.07, 6.45) is 0. The van der Waals surface area contributed by atoms with Gasteiger partial charge in [-0.1, -0.05) is 11.6 Å². The highest BCUT2D eigenvalue weighted by molar-refractivity contribution is 6.32. The van der Waals surface area contributed by atoms with E-state index >= 15 is 0 Å². The number of Topliss-reactive ketones (excluding diaryl/α,β-unsaturated/α-hetero) is 1. The molecule has 1 N–H and O–H groups in total. The Balaban J connectivity index is 1.53. The topological polar surface area (TPSA) is 104 Å². The standard InChI is InChI=1S/C21H16ClNO7/c1-10-3-21(26)30-16-7-17(14(22)4-12(10)16)27-8-20(25)23-15-6-19-18(28-9-29-19)5-13(15)11(2)24/h3-7H,8-9H2,1-2H3,(H,23,25). The molecule has 0 fully saturated rings. The van der Waals surface area contributed by atoms with Gasteiger partial charge in [-0.15, -0.1) is 0 Å². The first-order valence-electron chi connectivity index (χ1n) is 8.93. The van der Waals surface area contributed by atoms with Crippen LogP contribution in [0.2, 0.25) is 5.02 Å². The van der Waals surface area contributed by atoms with E-state index in [2.05, 4.69) is 5.32 Å². The van der Waals surface area contributed by atoms with Crippen molar-refractivity contribution in [1.82, 2.24) is 0 Å². The summed E-state index contributed by atoms with van der Waals surface area (Å²) in [6, 6.07) is 7.47. The van der Waals surface area contributed by atoms with Crippen LogP contribution in [0.1, 0.15) is 22.8 Å². The van der Waals surface area contributed by atoms with Crippen LogP contribution in [0.4, 0.5) is 5.69 Å². The van der Waals surface area contributed by atoms with Gasteiger partial charge in [-0.2, -0.15) is 0 Å². The van der Waals surface area contributed by atoms with E-state index in [9.17, 15) is 14.4 Å². The zero-order valence-electron chi connectivity index (χ0n) is 16.0. The minimum atomic E-state index is -0.516. The van der Waals surface area contributed by atoms with E-state index in [1.54, 1.807) is 13.0 Å². The van der Waals surface area contributed by atoms with E-state index in [0.29, 0.717) is 28.0 Å². The van der Waals surface area contributed by atoms with Crippen LogP contribution in [0.25, 0.3) is 11.0 Å². The smallest absolute Gasteiger partial charge is 0.336 e. The molecule has 1 aromatic heterocycles. The first-order chi connectivity index (χ1) is 14.3. The highest BCUT2D eigenvalue weighted by atomic mass is 35.5. The van der Waals surface area contributed by atoms with E-state index in [4.69, 9.17) is 30.2 Å². The van der Waals surface area contributed by atoms with E-state index in [-0.39, 0.29) is 41.2 Å². The summed E-state index contributed by atoms with van der Waals surface area (Å²) in [4.78, 5) is 35.9. The lowest BCUT2D eigenvalue weighted by Gasteiger charge is -2.12. The maximum atomic E-state index is 12.4. The third kappa shape index (κ3) is 3.81. The fourth-order valence-electron chi connectivity index (χ4n) is 3.10. The van der Waals surface area contributed by atoms with E-state index in [1.165, 1.54) is 31.2 Å². The van der Waals surface area contributed by atoms with Crippen molar-refractivity contribution in [2.24, 2.45) is 0 Å². The van der Waals surface area contributed by atoms with Gasteiger partial charge in [0.2, 0.25) is 6.79 Å². The third-order valence-electron chi connectivity index (χ3n) is 4.53. The van der Waals surface area contributed by atoms with Crippen LogP contribution >= 0.6 is 11.6 Å². The fourth-order valence-corrected chi connectivity index (χ4v) is 3.31. The second kappa shape index (κ2) is 7.72. The molecule has 30 heavy (non-hydrogen) atoms. The van der Waals surface area contributed by atoms with Gasteiger partial charge in [0.05, 0.1) is 10.7 Å². The molecule has 0 radical (unpaired) electrons. The van der Waals surface area contributed by atoms with Gasteiger partial charge >= 0.3 is 5.63 Å². The predicted octanol–water partition coefficient (Wildman–Crippen LogP) is 3.70. The summed E-state index contributed by atoms with van der Waals surface area (Å²) in [5.74, 6) is 0.296. The molecule has 9 heteroatoms. The maximum Gasteiger partial charge on any atom is 0.336 e. The van der Waals surface area contributed by atoms with E-state index in [1.807, 2.05) is 0 Å². The Morgan fingerprint density at radius 1 is 1.13 bits per heavy atom. The Labute approximate surface area is 175 Å². The molecule has 154 valence electrons. The molecular formula is C21H16ClNO7. The number of carbonyl (C=O) groups is 2. The third-order valence-corrected chi connectivity index (χ3v) is 4.82. The molecule has 0 saturated heterocycles.